The minimum Gasteiger partial charge on any atom is -0.332 e. The predicted molar refractivity (Wildman–Crippen MR) is 86.4 cm³/mol. The molecule has 8 heteroatoms. The Morgan fingerprint density at radius 2 is 1.59 bits per heavy atom. The predicted octanol–water partition coefficient (Wildman–Crippen LogP) is 2.06. The third kappa shape index (κ3) is 4.35. The number of thiocarbonyl (C=S) groups is 1. The van der Waals surface area contributed by atoms with Crippen LogP contribution in [0.2, 0.25) is 0 Å². The molecule has 1 amide bonds. The van der Waals surface area contributed by atoms with E-state index in [1.54, 1.807) is 30.3 Å². The van der Waals surface area contributed by atoms with Crippen LogP contribution in [0.3, 0.4) is 0 Å². The van der Waals surface area contributed by atoms with Crippen molar-refractivity contribution in [1.29, 1.82) is 0 Å². The number of carbonyl (C=O) groups excluding carboxylic acids is 1. The highest BCUT2D eigenvalue weighted by Gasteiger charge is 2.10. The molecular formula is C14H12N2O4S2. The Labute approximate surface area is 132 Å². The minimum absolute atomic E-state index is 0.0773. The van der Waals surface area contributed by atoms with E-state index < -0.39 is 10.1 Å². The summed E-state index contributed by atoms with van der Waals surface area (Å²) in [6.07, 6.45) is 0. The van der Waals surface area contributed by atoms with Crippen LogP contribution in [0.5, 0.6) is 0 Å². The second kappa shape index (κ2) is 6.65. The summed E-state index contributed by atoms with van der Waals surface area (Å²) in [6, 6.07) is 13.9. The number of rotatable bonds is 3. The van der Waals surface area contributed by atoms with Crippen LogP contribution in [0, 0.1) is 0 Å². The third-order valence-electron chi connectivity index (χ3n) is 2.67. The monoisotopic (exact) mass is 336 g/mol. The van der Waals surface area contributed by atoms with Gasteiger partial charge in [-0.3, -0.25) is 14.7 Å². The summed E-state index contributed by atoms with van der Waals surface area (Å²) in [5.74, 6) is -0.354. The smallest absolute Gasteiger partial charge is 0.294 e. The van der Waals surface area contributed by atoms with Crippen LogP contribution in [0.25, 0.3) is 0 Å². The molecule has 2 aromatic carbocycles. The summed E-state index contributed by atoms with van der Waals surface area (Å²) in [5, 5.41) is 5.32. The lowest BCUT2D eigenvalue weighted by Crippen LogP contribution is -2.34. The van der Waals surface area contributed by atoms with Crippen molar-refractivity contribution in [2.24, 2.45) is 0 Å². The Kier molecular flexibility index (Phi) is 4.86. The zero-order valence-electron chi connectivity index (χ0n) is 11.2. The molecule has 0 aliphatic rings. The van der Waals surface area contributed by atoms with Crippen LogP contribution >= 0.6 is 12.2 Å². The van der Waals surface area contributed by atoms with Crippen LogP contribution in [0.15, 0.2) is 59.5 Å². The van der Waals surface area contributed by atoms with Gasteiger partial charge in [0.2, 0.25) is 0 Å². The van der Waals surface area contributed by atoms with Crippen molar-refractivity contribution in [2.45, 2.75) is 4.90 Å². The van der Waals surface area contributed by atoms with Crippen molar-refractivity contribution in [3.8, 4) is 0 Å². The van der Waals surface area contributed by atoms with E-state index in [0.717, 1.165) is 0 Å². The van der Waals surface area contributed by atoms with Crippen LogP contribution < -0.4 is 10.6 Å². The van der Waals surface area contributed by atoms with Gasteiger partial charge in [-0.1, -0.05) is 18.2 Å². The maximum Gasteiger partial charge on any atom is 0.294 e. The van der Waals surface area contributed by atoms with Gasteiger partial charge in [-0.2, -0.15) is 8.42 Å². The molecule has 0 unspecified atom stereocenters. The van der Waals surface area contributed by atoms with Crippen LogP contribution in [0.1, 0.15) is 10.4 Å². The molecule has 2 aromatic rings. The van der Waals surface area contributed by atoms with E-state index in [2.05, 4.69) is 10.6 Å². The van der Waals surface area contributed by atoms with Gasteiger partial charge in [0, 0.05) is 11.3 Å². The Morgan fingerprint density at radius 3 is 2.14 bits per heavy atom. The van der Waals surface area contributed by atoms with E-state index >= 15 is 0 Å². The first kappa shape index (κ1) is 16.1. The molecule has 0 aliphatic carbocycles. The Morgan fingerprint density at radius 1 is 1.00 bits per heavy atom. The summed E-state index contributed by atoms with van der Waals surface area (Å²) < 4.78 is 30.7. The maximum absolute atomic E-state index is 11.9. The van der Waals surface area contributed by atoms with Crippen LogP contribution in [-0.4, -0.2) is 24.0 Å². The molecule has 0 fully saturated rings. The average molecular weight is 336 g/mol. The van der Waals surface area contributed by atoms with Crippen LogP contribution in [0.4, 0.5) is 5.69 Å². The van der Waals surface area contributed by atoms with Gasteiger partial charge in [-0.25, -0.2) is 0 Å². The standard InChI is InChI=1S/C14H12N2O4S2/c17-13(10-4-2-1-3-5-10)16-14(21)15-11-6-8-12(9-7-11)22(18,19)20/h1-9H,(H,18,19,20)(H2,15,16,17,21). The van der Waals surface area contributed by atoms with Crippen molar-refractivity contribution in [3.63, 3.8) is 0 Å². The fourth-order valence-corrected chi connectivity index (χ4v) is 2.33. The fraction of sp³-hybridized carbons (Fsp3) is 0. The highest BCUT2D eigenvalue weighted by atomic mass is 32.2. The van der Waals surface area contributed by atoms with Gasteiger partial charge in [-0.15, -0.1) is 0 Å². The first-order valence-electron chi connectivity index (χ1n) is 6.11. The molecule has 0 bridgehead atoms. The largest absolute Gasteiger partial charge is 0.332 e. The number of anilines is 1. The summed E-state index contributed by atoms with van der Waals surface area (Å²) in [6.45, 7) is 0. The van der Waals surface area contributed by atoms with E-state index in [9.17, 15) is 13.2 Å². The van der Waals surface area contributed by atoms with E-state index in [4.69, 9.17) is 16.8 Å². The SMILES string of the molecule is O=C(NC(=S)Nc1ccc(S(=O)(=O)O)cc1)c1ccccc1. The molecule has 0 saturated heterocycles. The Balaban J connectivity index is 1.99. The fourth-order valence-electron chi connectivity index (χ4n) is 1.64. The number of hydrogen-bond acceptors (Lipinski definition) is 4. The van der Waals surface area contributed by atoms with Crippen molar-refractivity contribution in [2.75, 3.05) is 5.32 Å². The molecule has 0 aliphatic heterocycles. The van der Waals surface area contributed by atoms with Gasteiger partial charge in [0.15, 0.2) is 5.11 Å². The highest BCUT2D eigenvalue weighted by molar-refractivity contribution is 7.85. The quantitative estimate of drug-likeness (QED) is 0.586. The molecule has 0 heterocycles. The second-order valence-electron chi connectivity index (χ2n) is 4.27. The lowest BCUT2D eigenvalue weighted by Gasteiger charge is -2.09. The minimum atomic E-state index is -4.23. The average Bonchev–Trinajstić information content (AvgIpc) is 2.47. The van der Waals surface area contributed by atoms with Crippen molar-refractivity contribution in [3.05, 3.63) is 60.2 Å². The molecule has 0 radical (unpaired) electrons. The van der Waals surface area contributed by atoms with E-state index in [1.165, 1.54) is 24.3 Å². The molecule has 22 heavy (non-hydrogen) atoms. The maximum atomic E-state index is 11.9. The van der Waals surface area contributed by atoms with Crippen molar-refractivity contribution < 1.29 is 17.8 Å². The molecule has 0 spiro atoms. The zero-order valence-corrected chi connectivity index (χ0v) is 12.8. The molecule has 6 nitrogen and oxygen atoms in total. The molecule has 0 atom stereocenters. The van der Waals surface area contributed by atoms with Gasteiger partial charge in [-0.05, 0) is 48.6 Å². The number of nitrogens with one attached hydrogen (secondary N) is 2. The highest BCUT2D eigenvalue weighted by Crippen LogP contribution is 2.13. The van der Waals surface area contributed by atoms with E-state index in [-0.39, 0.29) is 15.9 Å². The zero-order chi connectivity index (χ0) is 16.2. The number of carbonyl (C=O) groups is 1. The van der Waals surface area contributed by atoms with Crippen molar-refractivity contribution in [1.82, 2.24) is 5.32 Å². The second-order valence-corrected chi connectivity index (χ2v) is 6.10. The molecule has 0 saturated carbocycles. The lowest BCUT2D eigenvalue weighted by atomic mass is 10.2. The first-order valence-corrected chi connectivity index (χ1v) is 7.96. The van der Waals surface area contributed by atoms with Gasteiger partial charge < -0.3 is 5.32 Å². The molecule has 0 aromatic heterocycles. The summed E-state index contributed by atoms with van der Waals surface area (Å²) in [4.78, 5) is 11.7. The van der Waals surface area contributed by atoms with Gasteiger partial charge in [0.05, 0.1) is 4.90 Å². The van der Waals surface area contributed by atoms with Gasteiger partial charge in [0.1, 0.15) is 0 Å². The summed E-state index contributed by atoms with van der Waals surface area (Å²) in [5.41, 5.74) is 0.944. The van der Waals surface area contributed by atoms with Crippen LogP contribution in [-0.2, 0) is 10.1 Å². The molecular weight excluding hydrogens is 324 g/mol. The van der Waals surface area contributed by atoms with E-state index in [1.807, 2.05) is 0 Å². The number of amides is 1. The molecule has 2 rings (SSSR count). The molecule has 3 N–H and O–H groups in total. The number of hydrogen-bond donors (Lipinski definition) is 3. The Hall–Kier alpha value is -2.29. The molecule has 114 valence electrons. The van der Waals surface area contributed by atoms with Crippen molar-refractivity contribution >= 4 is 39.0 Å². The first-order chi connectivity index (χ1) is 10.4. The van der Waals surface area contributed by atoms with Gasteiger partial charge >= 0.3 is 0 Å². The summed E-state index contributed by atoms with van der Waals surface area (Å²) in [7, 11) is -4.23. The topological polar surface area (TPSA) is 95.5 Å². The summed E-state index contributed by atoms with van der Waals surface area (Å²) >= 11 is 5.01. The normalized spacial score (nSPS) is 10.8. The Bertz CT molecular complexity index is 787. The number of benzene rings is 2. The van der Waals surface area contributed by atoms with Gasteiger partial charge in [0.25, 0.3) is 16.0 Å². The lowest BCUT2D eigenvalue weighted by molar-refractivity contribution is 0.0977. The third-order valence-corrected chi connectivity index (χ3v) is 3.75. The van der Waals surface area contributed by atoms with E-state index in [0.29, 0.717) is 11.3 Å².